The van der Waals surface area contributed by atoms with Crippen LogP contribution in [0.15, 0.2) is 81.6 Å². The predicted molar refractivity (Wildman–Crippen MR) is 128 cm³/mol. The summed E-state index contributed by atoms with van der Waals surface area (Å²) in [5.41, 5.74) is 3.83. The van der Waals surface area contributed by atoms with E-state index in [9.17, 15) is 14.9 Å². The quantitative estimate of drug-likeness (QED) is 0.220. The maximum absolute atomic E-state index is 12.8. The third kappa shape index (κ3) is 4.14. The van der Waals surface area contributed by atoms with E-state index in [0.717, 1.165) is 5.56 Å². The number of halogens is 1. The first-order valence-electron chi connectivity index (χ1n) is 10.2. The Morgan fingerprint density at radius 2 is 1.88 bits per heavy atom. The van der Waals surface area contributed by atoms with Crippen LogP contribution < -0.4 is 5.32 Å². The van der Waals surface area contributed by atoms with E-state index in [2.05, 4.69) is 10.3 Å². The number of oxazole rings is 1. The summed E-state index contributed by atoms with van der Waals surface area (Å²) in [6, 6.07) is 19.7. The van der Waals surface area contributed by atoms with Gasteiger partial charge in [0.15, 0.2) is 11.3 Å². The molecule has 2 aromatic heterocycles. The van der Waals surface area contributed by atoms with Crippen molar-refractivity contribution < 1.29 is 18.6 Å². The highest BCUT2D eigenvalue weighted by molar-refractivity contribution is 6.33. The van der Waals surface area contributed by atoms with Gasteiger partial charge in [-0.05, 0) is 55.0 Å². The van der Waals surface area contributed by atoms with Crippen molar-refractivity contribution in [2.24, 2.45) is 0 Å². The number of rotatable bonds is 5. The first-order chi connectivity index (χ1) is 16.4. The average Bonchev–Trinajstić information content (AvgIpc) is 3.47. The number of nitrogens with zero attached hydrogens (tertiary/aromatic N) is 2. The van der Waals surface area contributed by atoms with Gasteiger partial charge in [0.1, 0.15) is 11.3 Å². The van der Waals surface area contributed by atoms with Gasteiger partial charge in [-0.3, -0.25) is 14.9 Å². The molecule has 8 nitrogen and oxygen atoms in total. The molecule has 0 aliphatic carbocycles. The minimum absolute atomic E-state index is 0.0512. The number of fused-ring (bicyclic) bond motifs is 1. The molecule has 9 heteroatoms. The van der Waals surface area contributed by atoms with Crippen molar-refractivity contribution in [2.75, 3.05) is 5.32 Å². The fraction of sp³-hybridized carbons (Fsp3) is 0.0400. The van der Waals surface area contributed by atoms with E-state index in [1.54, 1.807) is 36.4 Å². The molecule has 5 rings (SSSR count). The molecule has 0 saturated heterocycles. The van der Waals surface area contributed by atoms with Crippen LogP contribution in [-0.2, 0) is 0 Å². The number of hydrogen-bond donors (Lipinski definition) is 1. The molecule has 2 heterocycles. The van der Waals surface area contributed by atoms with Crippen LogP contribution in [0.1, 0.15) is 16.1 Å². The molecule has 0 atom stereocenters. The van der Waals surface area contributed by atoms with Gasteiger partial charge in [0.25, 0.3) is 11.6 Å². The van der Waals surface area contributed by atoms with Crippen LogP contribution in [-0.4, -0.2) is 15.8 Å². The van der Waals surface area contributed by atoms with E-state index < -0.39 is 10.8 Å². The summed E-state index contributed by atoms with van der Waals surface area (Å²) in [4.78, 5) is 27.8. The van der Waals surface area contributed by atoms with Gasteiger partial charge in [-0.1, -0.05) is 29.8 Å². The summed E-state index contributed by atoms with van der Waals surface area (Å²) in [5.74, 6) is 0.244. The Kier molecular flexibility index (Phi) is 5.35. The summed E-state index contributed by atoms with van der Waals surface area (Å²) in [7, 11) is 0. The minimum atomic E-state index is -0.490. The van der Waals surface area contributed by atoms with E-state index in [1.807, 2.05) is 25.1 Å². The molecule has 0 unspecified atom stereocenters. The number of aromatic nitrogens is 1. The number of carbonyl (C=O) groups is 1. The maximum Gasteiger partial charge on any atom is 0.291 e. The fourth-order valence-corrected chi connectivity index (χ4v) is 3.70. The number of amides is 1. The summed E-state index contributed by atoms with van der Waals surface area (Å²) >= 11 is 6.37. The number of nitrogens with one attached hydrogen (secondary N) is 1. The summed E-state index contributed by atoms with van der Waals surface area (Å²) < 4.78 is 11.5. The zero-order chi connectivity index (χ0) is 23.8. The van der Waals surface area contributed by atoms with Crippen LogP contribution in [0.4, 0.5) is 11.4 Å². The van der Waals surface area contributed by atoms with Gasteiger partial charge >= 0.3 is 0 Å². The zero-order valence-electron chi connectivity index (χ0n) is 17.7. The summed E-state index contributed by atoms with van der Waals surface area (Å²) in [5, 5.41) is 14.2. The number of benzene rings is 3. The van der Waals surface area contributed by atoms with Gasteiger partial charge < -0.3 is 14.2 Å². The van der Waals surface area contributed by atoms with E-state index in [0.29, 0.717) is 44.6 Å². The van der Waals surface area contributed by atoms with Gasteiger partial charge in [0, 0.05) is 23.4 Å². The van der Waals surface area contributed by atoms with E-state index in [1.165, 1.54) is 18.2 Å². The highest BCUT2D eigenvalue weighted by Gasteiger charge is 2.17. The van der Waals surface area contributed by atoms with Gasteiger partial charge in [0.2, 0.25) is 5.89 Å². The van der Waals surface area contributed by atoms with Crippen molar-refractivity contribution in [3.8, 4) is 22.8 Å². The molecule has 0 fully saturated rings. The Morgan fingerprint density at radius 3 is 2.71 bits per heavy atom. The molecule has 168 valence electrons. The molecule has 5 aromatic rings. The second-order valence-electron chi connectivity index (χ2n) is 7.61. The van der Waals surface area contributed by atoms with Crippen LogP contribution >= 0.6 is 11.6 Å². The van der Waals surface area contributed by atoms with Gasteiger partial charge in [-0.15, -0.1) is 0 Å². The smallest absolute Gasteiger partial charge is 0.291 e. The molecule has 3 aromatic carbocycles. The molecule has 0 radical (unpaired) electrons. The van der Waals surface area contributed by atoms with Crippen LogP contribution in [0.3, 0.4) is 0 Å². The number of furan rings is 1. The second-order valence-corrected chi connectivity index (χ2v) is 8.02. The molecule has 1 N–H and O–H groups in total. The number of nitro benzene ring substituents is 1. The number of anilines is 1. The molecular formula is C25H16ClN3O5. The van der Waals surface area contributed by atoms with Crippen molar-refractivity contribution in [1.29, 1.82) is 0 Å². The Labute approximate surface area is 197 Å². The molecule has 0 saturated carbocycles. The SMILES string of the molecule is Cc1ccc2oc(-c3cc(NC(=O)c4ccc(-c5cccc([N+](=O)[O-])c5)o4)ccc3Cl)nc2c1. The lowest BCUT2D eigenvalue weighted by molar-refractivity contribution is -0.384. The normalized spacial score (nSPS) is 11.0. The lowest BCUT2D eigenvalue weighted by Crippen LogP contribution is -2.10. The van der Waals surface area contributed by atoms with Crippen molar-refractivity contribution in [3.63, 3.8) is 0 Å². The van der Waals surface area contributed by atoms with Crippen molar-refractivity contribution >= 4 is 40.0 Å². The molecule has 34 heavy (non-hydrogen) atoms. The highest BCUT2D eigenvalue weighted by Crippen LogP contribution is 2.33. The van der Waals surface area contributed by atoms with Gasteiger partial charge in [-0.2, -0.15) is 0 Å². The Balaban J connectivity index is 1.39. The Hall–Kier alpha value is -4.43. The number of nitro groups is 1. The fourth-order valence-electron chi connectivity index (χ4n) is 3.50. The zero-order valence-corrected chi connectivity index (χ0v) is 18.5. The van der Waals surface area contributed by atoms with E-state index >= 15 is 0 Å². The number of hydrogen-bond acceptors (Lipinski definition) is 6. The molecule has 0 aliphatic heterocycles. The largest absolute Gasteiger partial charge is 0.451 e. The van der Waals surface area contributed by atoms with E-state index in [-0.39, 0.29) is 11.4 Å². The van der Waals surface area contributed by atoms with Crippen molar-refractivity contribution in [1.82, 2.24) is 4.98 Å². The third-order valence-electron chi connectivity index (χ3n) is 5.17. The number of aryl methyl sites for hydroxylation is 1. The van der Waals surface area contributed by atoms with Crippen molar-refractivity contribution in [2.45, 2.75) is 6.92 Å². The molecule has 1 amide bonds. The average molecular weight is 474 g/mol. The monoisotopic (exact) mass is 473 g/mol. The predicted octanol–water partition coefficient (Wildman–Crippen LogP) is 6.88. The third-order valence-corrected chi connectivity index (χ3v) is 5.50. The van der Waals surface area contributed by atoms with Crippen LogP contribution in [0.2, 0.25) is 5.02 Å². The second kappa shape index (κ2) is 8.49. The molecule has 0 aliphatic rings. The summed E-state index contributed by atoms with van der Waals surface area (Å²) in [6.07, 6.45) is 0. The summed E-state index contributed by atoms with van der Waals surface area (Å²) in [6.45, 7) is 1.97. The van der Waals surface area contributed by atoms with Crippen LogP contribution in [0, 0.1) is 17.0 Å². The lowest BCUT2D eigenvalue weighted by atomic mass is 10.1. The molecular weight excluding hydrogens is 458 g/mol. The number of carbonyl (C=O) groups excluding carboxylic acids is 1. The first-order valence-corrected chi connectivity index (χ1v) is 10.6. The Morgan fingerprint density at radius 1 is 1.03 bits per heavy atom. The standard InChI is InChI=1S/C25H16ClN3O5/c1-14-5-8-22-20(11-14)28-25(34-22)18-13-16(6-7-19(18)26)27-24(30)23-10-9-21(33-23)15-3-2-4-17(12-15)29(31)32/h2-13H,1H3,(H,27,30). The molecule has 0 spiro atoms. The van der Waals surface area contributed by atoms with Gasteiger partial charge in [-0.25, -0.2) is 4.98 Å². The first kappa shape index (κ1) is 21.4. The van der Waals surface area contributed by atoms with E-state index in [4.69, 9.17) is 20.4 Å². The van der Waals surface area contributed by atoms with Gasteiger partial charge in [0.05, 0.1) is 15.5 Å². The highest BCUT2D eigenvalue weighted by atomic mass is 35.5. The molecule has 0 bridgehead atoms. The minimum Gasteiger partial charge on any atom is -0.451 e. The van der Waals surface area contributed by atoms with Crippen LogP contribution in [0.5, 0.6) is 0 Å². The number of non-ortho nitro benzene ring substituents is 1. The van der Waals surface area contributed by atoms with Crippen LogP contribution in [0.25, 0.3) is 33.9 Å². The maximum atomic E-state index is 12.8. The Bertz CT molecular complexity index is 1570. The lowest BCUT2D eigenvalue weighted by Gasteiger charge is -2.06. The van der Waals surface area contributed by atoms with Crippen molar-refractivity contribution in [3.05, 3.63) is 99.3 Å². The topological polar surface area (TPSA) is 111 Å².